The van der Waals surface area contributed by atoms with E-state index in [1.807, 2.05) is 12.1 Å². The number of piperazine rings is 1. The number of ether oxygens (including phenoxy) is 3. The summed E-state index contributed by atoms with van der Waals surface area (Å²) >= 11 is 0. The van der Waals surface area contributed by atoms with Crippen molar-refractivity contribution in [1.29, 1.82) is 0 Å². The van der Waals surface area contributed by atoms with Crippen LogP contribution in [0.1, 0.15) is 22.9 Å². The number of hydrogen-bond acceptors (Lipinski definition) is 10. The topological polar surface area (TPSA) is 95.5 Å². The van der Waals surface area contributed by atoms with Crippen LogP contribution < -0.4 is 19.7 Å². The van der Waals surface area contributed by atoms with Crippen molar-refractivity contribution in [3.05, 3.63) is 59.3 Å². The Morgan fingerprint density at radius 1 is 1.07 bits per heavy atom. The second kappa shape index (κ2) is 11.0. The van der Waals surface area contributed by atoms with Crippen LogP contribution in [-0.2, 0) is 17.5 Å². The van der Waals surface area contributed by atoms with E-state index in [4.69, 9.17) is 14.2 Å². The van der Waals surface area contributed by atoms with E-state index in [0.717, 1.165) is 50.6 Å². The second-order valence-corrected chi connectivity index (χ2v) is 10.4. The van der Waals surface area contributed by atoms with Gasteiger partial charge in [0.25, 0.3) is 0 Å². The molecule has 1 unspecified atom stereocenters. The van der Waals surface area contributed by atoms with Gasteiger partial charge >= 0.3 is 6.18 Å². The molecule has 0 saturated carbocycles. The van der Waals surface area contributed by atoms with Crippen molar-refractivity contribution in [3.63, 3.8) is 0 Å². The van der Waals surface area contributed by atoms with Gasteiger partial charge in [-0.15, -0.1) is 0 Å². The number of nitrogens with zero attached hydrogens (tertiary/aromatic N) is 5. The molecule has 1 aromatic heterocycles. The molecule has 2 saturated heterocycles. The number of alkyl halides is 3. The van der Waals surface area contributed by atoms with Crippen LogP contribution in [-0.4, -0.2) is 84.5 Å². The maximum Gasteiger partial charge on any atom is 0.423 e. The summed E-state index contributed by atoms with van der Waals surface area (Å²) in [6.07, 6.45) is -5.08. The van der Waals surface area contributed by atoms with E-state index in [0.29, 0.717) is 35.8 Å². The largest absolute Gasteiger partial charge is 0.494 e. The zero-order valence-corrected chi connectivity index (χ0v) is 22.7. The number of anilines is 3. The molecule has 0 amide bonds. The number of aliphatic hydroxyl groups is 1. The van der Waals surface area contributed by atoms with Crippen molar-refractivity contribution < 1.29 is 32.5 Å². The van der Waals surface area contributed by atoms with Gasteiger partial charge in [0.15, 0.2) is 0 Å². The number of benzene rings is 2. The van der Waals surface area contributed by atoms with E-state index in [9.17, 15) is 18.3 Å². The van der Waals surface area contributed by atoms with Crippen LogP contribution in [0, 0.1) is 0 Å². The SMILES string of the molecule is COc1cc(N2CCN(C3COC3)CC2)ccc1Nc1ncc(C(F)(F)F)c(Oc2cccc3c2C(O)N(C)C3)n1. The molecule has 13 heteroatoms. The smallest absolute Gasteiger partial charge is 0.423 e. The fourth-order valence-corrected chi connectivity index (χ4v) is 5.37. The zero-order valence-electron chi connectivity index (χ0n) is 22.7. The van der Waals surface area contributed by atoms with E-state index in [-0.39, 0.29) is 11.7 Å². The van der Waals surface area contributed by atoms with Crippen LogP contribution in [0.2, 0.25) is 0 Å². The minimum Gasteiger partial charge on any atom is -0.494 e. The lowest BCUT2D eigenvalue weighted by Gasteiger charge is -2.43. The van der Waals surface area contributed by atoms with Gasteiger partial charge in [0.2, 0.25) is 11.8 Å². The average molecular weight is 573 g/mol. The van der Waals surface area contributed by atoms with Crippen LogP contribution >= 0.6 is 0 Å². The first-order valence-corrected chi connectivity index (χ1v) is 13.3. The molecule has 218 valence electrons. The number of halogens is 3. The Hall–Kier alpha value is -3.65. The number of methoxy groups -OCH3 is 1. The number of aliphatic hydroxyl groups excluding tert-OH is 1. The van der Waals surface area contributed by atoms with Crippen LogP contribution in [0.3, 0.4) is 0 Å². The highest BCUT2D eigenvalue weighted by Crippen LogP contribution is 2.42. The summed E-state index contributed by atoms with van der Waals surface area (Å²) in [6, 6.07) is 11.1. The molecular formula is C28H31F3N6O4. The molecule has 2 N–H and O–H groups in total. The molecule has 0 radical (unpaired) electrons. The molecule has 0 spiro atoms. The summed E-state index contributed by atoms with van der Waals surface area (Å²) in [5.74, 6) is -0.173. The summed E-state index contributed by atoms with van der Waals surface area (Å²) in [5.41, 5.74) is 1.52. The van der Waals surface area contributed by atoms with Gasteiger partial charge in [-0.2, -0.15) is 18.2 Å². The van der Waals surface area contributed by atoms with E-state index in [1.165, 1.54) is 13.2 Å². The average Bonchev–Trinajstić information content (AvgIpc) is 3.22. The molecule has 10 nitrogen and oxygen atoms in total. The molecule has 3 aromatic rings. The minimum absolute atomic E-state index is 0.0966. The Morgan fingerprint density at radius 2 is 1.85 bits per heavy atom. The Morgan fingerprint density at radius 3 is 2.54 bits per heavy atom. The third-order valence-corrected chi connectivity index (χ3v) is 7.77. The molecule has 2 fully saturated rings. The van der Waals surface area contributed by atoms with E-state index in [2.05, 4.69) is 25.1 Å². The highest BCUT2D eigenvalue weighted by atomic mass is 19.4. The fourth-order valence-electron chi connectivity index (χ4n) is 5.37. The van der Waals surface area contributed by atoms with Crippen molar-refractivity contribution in [2.45, 2.75) is 25.0 Å². The number of aromatic nitrogens is 2. The summed E-state index contributed by atoms with van der Waals surface area (Å²) in [6.45, 7) is 5.63. The number of nitrogens with one attached hydrogen (secondary N) is 1. The van der Waals surface area contributed by atoms with Crippen molar-refractivity contribution >= 4 is 17.3 Å². The first kappa shape index (κ1) is 27.5. The maximum atomic E-state index is 13.9. The first-order valence-electron chi connectivity index (χ1n) is 13.3. The predicted octanol–water partition coefficient (Wildman–Crippen LogP) is 4.00. The van der Waals surface area contributed by atoms with Crippen LogP contribution in [0.25, 0.3) is 0 Å². The van der Waals surface area contributed by atoms with Gasteiger partial charge < -0.3 is 29.5 Å². The molecule has 0 aliphatic carbocycles. The minimum atomic E-state index is -4.75. The maximum absolute atomic E-state index is 13.9. The highest BCUT2D eigenvalue weighted by molar-refractivity contribution is 5.68. The molecule has 3 aliphatic heterocycles. The number of hydrogen-bond donors (Lipinski definition) is 2. The standard InChI is InChI=1S/C28H31F3N6O4/c1-35-14-17-4-3-5-22(24(17)26(35)38)41-25-20(28(29,30)31)13-32-27(34-25)33-21-7-6-18(12-23(21)39-2)36-8-10-37(11-9-36)19-15-40-16-19/h3-7,12-13,19,26,38H,8-11,14-16H2,1-2H3,(H,32,33,34). The van der Waals surface area contributed by atoms with E-state index in [1.54, 1.807) is 30.1 Å². The summed E-state index contributed by atoms with van der Waals surface area (Å²) in [4.78, 5) is 14.4. The van der Waals surface area contributed by atoms with Crippen LogP contribution in [0.4, 0.5) is 30.5 Å². The quantitative estimate of drug-likeness (QED) is 0.433. The third kappa shape index (κ3) is 5.49. The Balaban J connectivity index is 1.23. The van der Waals surface area contributed by atoms with Gasteiger partial charge in [0.05, 0.1) is 32.1 Å². The molecule has 4 heterocycles. The third-order valence-electron chi connectivity index (χ3n) is 7.77. The number of fused-ring (bicyclic) bond motifs is 1. The lowest BCUT2D eigenvalue weighted by molar-refractivity contribution is -0.139. The summed E-state index contributed by atoms with van der Waals surface area (Å²) in [7, 11) is 3.24. The summed E-state index contributed by atoms with van der Waals surface area (Å²) in [5, 5.41) is 13.5. The molecular weight excluding hydrogens is 541 g/mol. The van der Waals surface area contributed by atoms with E-state index < -0.39 is 23.8 Å². The molecule has 6 rings (SSSR count). The molecule has 41 heavy (non-hydrogen) atoms. The normalized spacial score (nSPS) is 20.0. The van der Waals surface area contributed by atoms with Crippen molar-refractivity contribution in [3.8, 4) is 17.4 Å². The lowest BCUT2D eigenvalue weighted by atomic mass is 10.1. The van der Waals surface area contributed by atoms with Gasteiger partial charge in [-0.25, -0.2) is 4.98 Å². The van der Waals surface area contributed by atoms with Gasteiger partial charge in [0.1, 0.15) is 23.3 Å². The second-order valence-electron chi connectivity index (χ2n) is 10.4. The highest BCUT2D eigenvalue weighted by Gasteiger charge is 2.38. The van der Waals surface area contributed by atoms with Gasteiger partial charge in [-0.3, -0.25) is 9.80 Å². The van der Waals surface area contributed by atoms with Gasteiger partial charge in [-0.1, -0.05) is 12.1 Å². The van der Waals surface area contributed by atoms with Crippen LogP contribution in [0.5, 0.6) is 17.4 Å². The Kier molecular flexibility index (Phi) is 7.36. The van der Waals surface area contributed by atoms with Crippen molar-refractivity contribution in [2.24, 2.45) is 0 Å². The predicted molar refractivity (Wildman–Crippen MR) is 145 cm³/mol. The van der Waals surface area contributed by atoms with Crippen molar-refractivity contribution in [2.75, 3.05) is 63.8 Å². The molecule has 2 aromatic carbocycles. The van der Waals surface area contributed by atoms with Gasteiger partial charge in [-0.05, 0) is 30.8 Å². The van der Waals surface area contributed by atoms with Crippen molar-refractivity contribution in [1.82, 2.24) is 19.8 Å². The van der Waals surface area contributed by atoms with E-state index >= 15 is 0 Å². The molecule has 0 bridgehead atoms. The molecule has 3 aliphatic rings. The Labute approximate surface area is 235 Å². The number of rotatable bonds is 7. The van der Waals surface area contributed by atoms with Gasteiger partial charge in [0, 0.05) is 56.2 Å². The Bertz CT molecular complexity index is 1410. The fraction of sp³-hybridized carbons (Fsp3) is 0.429. The summed E-state index contributed by atoms with van der Waals surface area (Å²) < 4.78 is 58.3. The first-order chi connectivity index (χ1) is 19.7. The lowest BCUT2D eigenvalue weighted by Crippen LogP contribution is -2.56. The monoisotopic (exact) mass is 572 g/mol. The molecule has 1 atom stereocenters. The zero-order chi connectivity index (χ0) is 28.7. The van der Waals surface area contributed by atoms with Crippen LogP contribution in [0.15, 0.2) is 42.6 Å².